The lowest BCUT2D eigenvalue weighted by molar-refractivity contribution is -0.148. The number of aliphatic carboxylic acids is 1. The van der Waals surface area contributed by atoms with E-state index in [-0.39, 0.29) is 0 Å². The molecule has 0 bridgehead atoms. The number of carbonyl (C=O) groups is 2. The zero-order valence-electron chi connectivity index (χ0n) is 12.6. The lowest BCUT2D eigenvalue weighted by Gasteiger charge is -2.34. The number of hydrogen-bond donors (Lipinski definition) is 3. The maximum absolute atomic E-state index is 12.0. The molecular weight excluding hydrogens is 274 g/mol. The molecule has 0 aromatic heterocycles. The fourth-order valence-corrected chi connectivity index (χ4v) is 3.13. The molecule has 120 valence electrons. The van der Waals surface area contributed by atoms with Crippen molar-refractivity contribution in [3.05, 3.63) is 0 Å². The van der Waals surface area contributed by atoms with Crippen LogP contribution in [0.4, 0.5) is 4.79 Å². The van der Waals surface area contributed by atoms with Gasteiger partial charge in [0.1, 0.15) is 5.54 Å². The highest BCUT2D eigenvalue weighted by molar-refractivity contribution is 5.86. The van der Waals surface area contributed by atoms with Gasteiger partial charge in [0.2, 0.25) is 0 Å². The van der Waals surface area contributed by atoms with Gasteiger partial charge in [-0.1, -0.05) is 6.92 Å². The van der Waals surface area contributed by atoms with Gasteiger partial charge in [-0.25, -0.2) is 9.59 Å². The Kier molecular flexibility index (Phi) is 5.41. The summed E-state index contributed by atoms with van der Waals surface area (Å²) >= 11 is 0. The Hall–Kier alpha value is -1.34. The van der Waals surface area contributed by atoms with E-state index < -0.39 is 17.5 Å². The van der Waals surface area contributed by atoms with Crippen molar-refractivity contribution >= 4 is 12.0 Å². The lowest BCUT2D eigenvalue weighted by atomic mass is 9.90. The van der Waals surface area contributed by atoms with Crippen molar-refractivity contribution in [3.63, 3.8) is 0 Å². The van der Waals surface area contributed by atoms with Crippen LogP contribution in [-0.2, 0) is 9.53 Å². The first-order valence-electron chi connectivity index (χ1n) is 7.68. The number of likely N-dealkylation sites (N-methyl/N-ethyl adjacent to an activating group) is 1. The molecule has 2 amide bonds. The molecule has 2 saturated heterocycles. The van der Waals surface area contributed by atoms with Crippen LogP contribution in [0.15, 0.2) is 0 Å². The summed E-state index contributed by atoms with van der Waals surface area (Å²) in [5.74, 6) is -0.989. The smallest absolute Gasteiger partial charge is 0.329 e. The van der Waals surface area contributed by atoms with Crippen molar-refractivity contribution in [2.75, 3.05) is 32.8 Å². The number of carbonyl (C=O) groups excluding carboxylic acids is 1. The highest BCUT2D eigenvalue weighted by Crippen LogP contribution is 2.21. The summed E-state index contributed by atoms with van der Waals surface area (Å²) in [4.78, 5) is 25.8. The first kappa shape index (κ1) is 16.0. The Labute approximate surface area is 125 Å². The molecule has 3 N–H and O–H groups in total. The molecule has 2 rings (SSSR count). The first-order chi connectivity index (χ1) is 10.1. The van der Waals surface area contributed by atoms with E-state index in [1.807, 2.05) is 0 Å². The van der Waals surface area contributed by atoms with Crippen molar-refractivity contribution in [1.29, 1.82) is 0 Å². The van der Waals surface area contributed by atoms with Gasteiger partial charge < -0.3 is 20.5 Å². The van der Waals surface area contributed by atoms with E-state index in [0.29, 0.717) is 38.6 Å². The van der Waals surface area contributed by atoms with Crippen molar-refractivity contribution in [2.24, 2.45) is 0 Å². The van der Waals surface area contributed by atoms with Gasteiger partial charge in [-0.05, 0) is 25.9 Å². The summed E-state index contributed by atoms with van der Waals surface area (Å²) in [6.45, 7) is 5.44. The SMILES string of the molecule is CCN1CCCC1CNC(=O)NC1(C(=O)O)CCOCC1. The summed E-state index contributed by atoms with van der Waals surface area (Å²) < 4.78 is 5.18. The number of nitrogens with zero attached hydrogens (tertiary/aromatic N) is 1. The van der Waals surface area contributed by atoms with Crippen LogP contribution in [0, 0.1) is 0 Å². The molecule has 2 aliphatic rings. The van der Waals surface area contributed by atoms with Crippen LogP contribution in [0.25, 0.3) is 0 Å². The van der Waals surface area contributed by atoms with Gasteiger partial charge in [0, 0.05) is 38.6 Å². The molecule has 0 spiro atoms. The highest BCUT2D eigenvalue weighted by Gasteiger charge is 2.41. The Morgan fingerprint density at radius 1 is 1.38 bits per heavy atom. The van der Waals surface area contributed by atoms with Gasteiger partial charge >= 0.3 is 12.0 Å². The number of carboxylic acids is 1. The largest absolute Gasteiger partial charge is 0.480 e. The normalized spacial score (nSPS) is 25.5. The number of likely N-dealkylation sites (tertiary alicyclic amines) is 1. The molecule has 1 atom stereocenters. The molecule has 2 fully saturated rings. The summed E-state index contributed by atoms with van der Waals surface area (Å²) in [7, 11) is 0. The van der Waals surface area contributed by atoms with Crippen LogP contribution in [0.2, 0.25) is 0 Å². The van der Waals surface area contributed by atoms with Crippen molar-refractivity contribution in [1.82, 2.24) is 15.5 Å². The van der Waals surface area contributed by atoms with Crippen LogP contribution in [0.1, 0.15) is 32.6 Å². The van der Waals surface area contributed by atoms with Gasteiger partial charge in [-0.2, -0.15) is 0 Å². The number of nitrogens with one attached hydrogen (secondary N) is 2. The lowest BCUT2D eigenvalue weighted by Crippen LogP contribution is -2.60. The predicted molar refractivity (Wildman–Crippen MR) is 77.2 cm³/mol. The summed E-state index contributed by atoms with van der Waals surface area (Å²) in [6, 6.07) is -0.0431. The molecule has 0 aromatic rings. The molecule has 21 heavy (non-hydrogen) atoms. The maximum atomic E-state index is 12.0. The molecule has 2 aliphatic heterocycles. The zero-order valence-corrected chi connectivity index (χ0v) is 12.6. The minimum atomic E-state index is -1.19. The Morgan fingerprint density at radius 2 is 2.10 bits per heavy atom. The molecule has 0 aromatic carbocycles. The van der Waals surface area contributed by atoms with Gasteiger partial charge in [0.15, 0.2) is 0 Å². The van der Waals surface area contributed by atoms with Gasteiger partial charge in [-0.3, -0.25) is 4.90 Å². The molecule has 0 saturated carbocycles. The maximum Gasteiger partial charge on any atom is 0.329 e. The number of urea groups is 1. The third kappa shape index (κ3) is 3.85. The Balaban J connectivity index is 1.84. The van der Waals surface area contributed by atoms with Crippen LogP contribution < -0.4 is 10.6 Å². The van der Waals surface area contributed by atoms with Crippen molar-refractivity contribution in [3.8, 4) is 0 Å². The van der Waals surface area contributed by atoms with E-state index in [4.69, 9.17) is 4.74 Å². The number of rotatable bonds is 5. The molecule has 1 unspecified atom stereocenters. The monoisotopic (exact) mass is 299 g/mol. The van der Waals surface area contributed by atoms with Crippen LogP contribution >= 0.6 is 0 Å². The third-order valence-electron chi connectivity index (χ3n) is 4.51. The second-order valence-electron chi connectivity index (χ2n) is 5.76. The minimum Gasteiger partial charge on any atom is -0.480 e. The summed E-state index contributed by atoms with van der Waals surface area (Å²) in [5.41, 5.74) is -1.19. The molecule has 0 aliphatic carbocycles. The van der Waals surface area contributed by atoms with Crippen LogP contribution in [0.5, 0.6) is 0 Å². The van der Waals surface area contributed by atoms with Gasteiger partial charge in [0.05, 0.1) is 0 Å². The quantitative estimate of drug-likeness (QED) is 0.684. The standard InChI is InChI=1S/C14H25N3O4/c1-2-17-7-3-4-11(17)10-15-13(20)16-14(12(18)19)5-8-21-9-6-14/h11H,2-10H2,1H3,(H,18,19)(H2,15,16,20). The van der Waals surface area contributed by atoms with Crippen LogP contribution in [0.3, 0.4) is 0 Å². The Bertz CT molecular complexity index is 382. The Morgan fingerprint density at radius 3 is 2.71 bits per heavy atom. The van der Waals surface area contributed by atoms with E-state index >= 15 is 0 Å². The average Bonchev–Trinajstić information content (AvgIpc) is 2.93. The molecule has 7 heteroatoms. The number of hydrogen-bond acceptors (Lipinski definition) is 4. The first-order valence-corrected chi connectivity index (χ1v) is 7.68. The predicted octanol–water partition coefficient (Wildman–Crippen LogP) is 0.404. The topological polar surface area (TPSA) is 90.9 Å². The summed E-state index contributed by atoms with van der Waals surface area (Å²) in [6.07, 6.45) is 2.84. The second kappa shape index (κ2) is 7.09. The second-order valence-corrected chi connectivity index (χ2v) is 5.76. The average molecular weight is 299 g/mol. The van der Waals surface area contributed by atoms with E-state index in [1.54, 1.807) is 0 Å². The molecule has 2 heterocycles. The van der Waals surface area contributed by atoms with E-state index in [0.717, 1.165) is 25.9 Å². The van der Waals surface area contributed by atoms with E-state index in [2.05, 4.69) is 22.5 Å². The fourth-order valence-electron chi connectivity index (χ4n) is 3.13. The van der Waals surface area contributed by atoms with E-state index in [9.17, 15) is 14.7 Å². The molecule has 7 nitrogen and oxygen atoms in total. The number of amides is 2. The summed E-state index contributed by atoms with van der Waals surface area (Å²) in [5, 5.41) is 14.9. The zero-order chi connectivity index (χ0) is 15.3. The molecular formula is C14H25N3O4. The number of carboxylic acid groups (broad SMARTS) is 1. The van der Waals surface area contributed by atoms with Crippen molar-refractivity contribution < 1.29 is 19.4 Å². The van der Waals surface area contributed by atoms with Crippen LogP contribution in [-0.4, -0.2) is 66.4 Å². The van der Waals surface area contributed by atoms with E-state index in [1.165, 1.54) is 0 Å². The highest BCUT2D eigenvalue weighted by atomic mass is 16.5. The molecule has 0 radical (unpaired) electrons. The number of ether oxygens (including phenoxy) is 1. The van der Waals surface area contributed by atoms with Gasteiger partial charge in [0.25, 0.3) is 0 Å². The van der Waals surface area contributed by atoms with Gasteiger partial charge in [-0.15, -0.1) is 0 Å². The fraction of sp³-hybridized carbons (Fsp3) is 0.857. The van der Waals surface area contributed by atoms with Crippen molar-refractivity contribution in [2.45, 2.75) is 44.2 Å². The minimum absolute atomic E-state index is 0.306. The third-order valence-corrected chi connectivity index (χ3v) is 4.51.